The van der Waals surface area contributed by atoms with Crippen LogP contribution in [-0.2, 0) is 4.79 Å². The highest BCUT2D eigenvalue weighted by Gasteiger charge is 2.54. The normalized spacial score (nSPS) is 33.5. The zero-order chi connectivity index (χ0) is 14.2. The zero-order valence-corrected chi connectivity index (χ0v) is 12.1. The third-order valence-corrected chi connectivity index (χ3v) is 5.40. The fourth-order valence-corrected chi connectivity index (χ4v) is 4.24. The average Bonchev–Trinajstić information content (AvgIpc) is 2.90. The van der Waals surface area contributed by atoms with Crippen LogP contribution in [0.1, 0.15) is 57.8 Å². The molecule has 0 aromatic carbocycles. The summed E-state index contributed by atoms with van der Waals surface area (Å²) in [6.45, 7) is 0.564. The standard InChI is InChI=1S/C15H25N3O2/c16-10-11-6-2-1-3-7-12(11)18-13(19)15(17-14(18)20)8-4-5-9-15/h11-12H,1-10,16H2,(H,17,20). The SMILES string of the molecule is NCC1CCCCCC1N1C(=O)NC2(CCCC2)C1=O. The molecular weight excluding hydrogens is 254 g/mol. The van der Waals surface area contributed by atoms with Gasteiger partial charge in [0.25, 0.3) is 5.91 Å². The van der Waals surface area contributed by atoms with Crippen molar-refractivity contribution in [1.82, 2.24) is 10.2 Å². The van der Waals surface area contributed by atoms with Crippen molar-refractivity contribution in [3.8, 4) is 0 Å². The van der Waals surface area contributed by atoms with Gasteiger partial charge in [-0.05, 0) is 38.1 Å². The molecule has 3 fully saturated rings. The van der Waals surface area contributed by atoms with E-state index in [2.05, 4.69) is 5.32 Å². The lowest BCUT2D eigenvalue weighted by Crippen LogP contribution is -2.48. The molecule has 0 aromatic heterocycles. The molecule has 0 aromatic rings. The van der Waals surface area contributed by atoms with Gasteiger partial charge in [0.1, 0.15) is 5.54 Å². The summed E-state index contributed by atoms with van der Waals surface area (Å²) in [5, 5.41) is 2.99. The first-order chi connectivity index (χ1) is 9.68. The summed E-state index contributed by atoms with van der Waals surface area (Å²) >= 11 is 0. The van der Waals surface area contributed by atoms with Crippen molar-refractivity contribution in [1.29, 1.82) is 0 Å². The summed E-state index contributed by atoms with van der Waals surface area (Å²) in [5.41, 5.74) is 5.32. The third kappa shape index (κ3) is 2.12. The van der Waals surface area contributed by atoms with E-state index in [0.29, 0.717) is 6.54 Å². The maximum atomic E-state index is 12.8. The number of nitrogens with one attached hydrogen (secondary N) is 1. The Bertz CT molecular complexity index is 404. The Kier molecular flexibility index (Phi) is 3.71. The first-order valence-corrected chi connectivity index (χ1v) is 8.04. The Hall–Kier alpha value is -1.10. The molecular formula is C15H25N3O2. The number of nitrogens with two attached hydrogens (primary N) is 1. The molecule has 5 heteroatoms. The quantitative estimate of drug-likeness (QED) is 0.597. The highest BCUT2D eigenvalue weighted by atomic mass is 16.2. The van der Waals surface area contributed by atoms with Gasteiger partial charge in [-0.2, -0.15) is 0 Å². The molecule has 20 heavy (non-hydrogen) atoms. The molecule has 1 heterocycles. The summed E-state index contributed by atoms with van der Waals surface area (Å²) in [6, 6.07) is -0.169. The van der Waals surface area contributed by atoms with Crippen LogP contribution in [0.15, 0.2) is 0 Å². The lowest BCUT2D eigenvalue weighted by Gasteiger charge is -2.31. The monoisotopic (exact) mass is 279 g/mol. The Morgan fingerprint density at radius 3 is 2.50 bits per heavy atom. The maximum Gasteiger partial charge on any atom is 0.325 e. The lowest BCUT2D eigenvalue weighted by atomic mass is 9.91. The van der Waals surface area contributed by atoms with Crippen molar-refractivity contribution in [2.45, 2.75) is 69.4 Å². The molecule has 0 radical (unpaired) electrons. The van der Waals surface area contributed by atoms with Crippen LogP contribution in [0.4, 0.5) is 4.79 Å². The van der Waals surface area contributed by atoms with Crippen LogP contribution in [-0.4, -0.2) is 35.0 Å². The number of rotatable bonds is 2. The minimum absolute atomic E-state index is 0.00924. The van der Waals surface area contributed by atoms with E-state index in [9.17, 15) is 9.59 Å². The second kappa shape index (κ2) is 5.35. The fourth-order valence-electron chi connectivity index (χ4n) is 4.24. The van der Waals surface area contributed by atoms with Crippen molar-refractivity contribution in [3.63, 3.8) is 0 Å². The lowest BCUT2D eigenvalue weighted by molar-refractivity contribution is -0.133. The van der Waals surface area contributed by atoms with Crippen LogP contribution in [0.5, 0.6) is 0 Å². The summed E-state index contributed by atoms with van der Waals surface area (Å²) in [7, 11) is 0. The predicted octanol–water partition coefficient (Wildman–Crippen LogP) is 1.76. The van der Waals surface area contributed by atoms with Crippen molar-refractivity contribution in [2.24, 2.45) is 11.7 Å². The van der Waals surface area contributed by atoms with Crippen LogP contribution in [0.25, 0.3) is 0 Å². The molecule has 2 atom stereocenters. The van der Waals surface area contributed by atoms with Gasteiger partial charge in [-0.3, -0.25) is 9.69 Å². The van der Waals surface area contributed by atoms with E-state index < -0.39 is 5.54 Å². The molecule has 3 amide bonds. The Morgan fingerprint density at radius 2 is 1.80 bits per heavy atom. The van der Waals surface area contributed by atoms with Gasteiger partial charge in [0.15, 0.2) is 0 Å². The first-order valence-electron chi connectivity index (χ1n) is 8.04. The van der Waals surface area contributed by atoms with Crippen molar-refractivity contribution >= 4 is 11.9 Å². The number of urea groups is 1. The molecule has 2 aliphatic carbocycles. The Balaban J connectivity index is 1.84. The molecule has 1 aliphatic heterocycles. The summed E-state index contributed by atoms with van der Waals surface area (Å²) in [5.74, 6) is 0.286. The average molecular weight is 279 g/mol. The van der Waals surface area contributed by atoms with E-state index in [0.717, 1.165) is 51.4 Å². The summed E-state index contributed by atoms with van der Waals surface area (Å²) in [6.07, 6.45) is 9.04. The van der Waals surface area contributed by atoms with Crippen molar-refractivity contribution in [2.75, 3.05) is 6.54 Å². The number of amides is 3. The van der Waals surface area contributed by atoms with E-state index in [1.807, 2.05) is 0 Å². The topological polar surface area (TPSA) is 75.4 Å². The Morgan fingerprint density at radius 1 is 1.10 bits per heavy atom. The number of imide groups is 1. The smallest absolute Gasteiger partial charge is 0.325 e. The molecule has 112 valence electrons. The molecule has 3 N–H and O–H groups in total. The number of hydrogen-bond acceptors (Lipinski definition) is 3. The van der Waals surface area contributed by atoms with Crippen LogP contribution in [0.3, 0.4) is 0 Å². The third-order valence-electron chi connectivity index (χ3n) is 5.40. The van der Waals surface area contributed by atoms with E-state index in [1.54, 1.807) is 0 Å². The van der Waals surface area contributed by atoms with E-state index >= 15 is 0 Å². The van der Waals surface area contributed by atoms with E-state index in [4.69, 9.17) is 5.73 Å². The number of carbonyl (C=O) groups excluding carboxylic acids is 2. The minimum atomic E-state index is -0.581. The molecule has 5 nitrogen and oxygen atoms in total. The summed E-state index contributed by atoms with van der Waals surface area (Å²) < 4.78 is 0. The highest BCUT2D eigenvalue weighted by molar-refractivity contribution is 6.07. The minimum Gasteiger partial charge on any atom is -0.330 e. The van der Waals surface area contributed by atoms with Gasteiger partial charge in [-0.1, -0.05) is 32.1 Å². The van der Waals surface area contributed by atoms with Crippen LogP contribution < -0.4 is 11.1 Å². The number of hydrogen-bond donors (Lipinski definition) is 2. The second-order valence-electron chi connectivity index (χ2n) is 6.60. The fraction of sp³-hybridized carbons (Fsp3) is 0.867. The predicted molar refractivity (Wildman–Crippen MR) is 76.0 cm³/mol. The largest absolute Gasteiger partial charge is 0.330 e. The second-order valence-corrected chi connectivity index (χ2v) is 6.60. The van der Waals surface area contributed by atoms with Crippen molar-refractivity contribution < 1.29 is 9.59 Å². The van der Waals surface area contributed by atoms with Gasteiger partial charge >= 0.3 is 6.03 Å². The van der Waals surface area contributed by atoms with Gasteiger partial charge in [0.2, 0.25) is 0 Å². The van der Waals surface area contributed by atoms with E-state index in [-0.39, 0.29) is 23.9 Å². The number of carbonyl (C=O) groups is 2. The first kappa shape index (κ1) is 13.9. The van der Waals surface area contributed by atoms with Gasteiger partial charge in [-0.25, -0.2) is 4.79 Å². The Labute approximate surface area is 120 Å². The highest BCUT2D eigenvalue weighted by Crippen LogP contribution is 2.38. The van der Waals surface area contributed by atoms with Crippen LogP contribution >= 0.6 is 0 Å². The molecule has 1 spiro atoms. The molecule has 0 bridgehead atoms. The van der Waals surface area contributed by atoms with Gasteiger partial charge in [0, 0.05) is 6.04 Å². The zero-order valence-electron chi connectivity index (χ0n) is 12.1. The number of nitrogens with zero attached hydrogens (tertiary/aromatic N) is 1. The van der Waals surface area contributed by atoms with Crippen LogP contribution in [0, 0.1) is 5.92 Å². The van der Waals surface area contributed by atoms with Gasteiger partial charge in [0.05, 0.1) is 0 Å². The van der Waals surface area contributed by atoms with E-state index in [1.165, 1.54) is 11.3 Å². The maximum absolute atomic E-state index is 12.8. The van der Waals surface area contributed by atoms with Crippen LogP contribution in [0.2, 0.25) is 0 Å². The molecule has 2 unspecified atom stereocenters. The van der Waals surface area contributed by atoms with Gasteiger partial charge in [-0.15, -0.1) is 0 Å². The van der Waals surface area contributed by atoms with Gasteiger partial charge < -0.3 is 11.1 Å². The molecule has 3 aliphatic rings. The molecule has 1 saturated heterocycles. The summed E-state index contributed by atoms with van der Waals surface area (Å²) in [4.78, 5) is 26.7. The molecule has 3 rings (SSSR count). The van der Waals surface area contributed by atoms with Crippen molar-refractivity contribution in [3.05, 3.63) is 0 Å². The molecule has 2 saturated carbocycles.